The van der Waals surface area contributed by atoms with Crippen molar-refractivity contribution in [2.24, 2.45) is 0 Å². The molecule has 0 aliphatic heterocycles. The highest BCUT2D eigenvalue weighted by Crippen LogP contribution is 2.23. The van der Waals surface area contributed by atoms with E-state index in [-0.39, 0.29) is 22.1 Å². The van der Waals surface area contributed by atoms with Crippen molar-refractivity contribution >= 4 is 23.3 Å². The first-order valence-electron chi connectivity index (χ1n) is 5.00. The Balaban J connectivity index is 2.50. The van der Waals surface area contributed by atoms with Crippen LogP contribution in [0.2, 0.25) is 5.02 Å². The Hall–Kier alpha value is -2.48. The summed E-state index contributed by atoms with van der Waals surface area (Å²) in [5, 5.41) is 23.4. The third kappa shape index (κ3) is 2.38. The fourth-order valence-electron chi connectivity index (χ4n) is 1.47. The Morgan fingerprint density at radius 3 is 2.74 bits per heavy atom. The SMILES string of the molecule is Cc1nn(-c2ncc([N+](=O)[O-])cc2Cl)cc1C(=O)O. The van der Waals surface area contributed by atoms with Gasteiger partial charge in [-0.2, -0.15) is 5.10 Å². The number of aryl methyl sites for hydroxylation is 1. The van der Waals surface area contributed by atoms with E-state index in [9.17, 15) is 14.9 Å². The van der Waals surface area contributed by atoms with Crippen molar-refractivity contribution in [3.63, 3.8) is 0 Å². The lowest BCUT2D eigenvalue weighted by Crippen LogP contribution is -2.01. The molecule has 2 heterocycles. The standard InChI is InChI=1S/C10H7ClN4O4/c1-5-7(10(16)17)4-14(13-5)9-8(11)2-6(3-12-9)15(18)19/h2-4H,1H3,(H,16,17). The number of nitro groups is 1. The summed E-state index contributed by atoms with van der Waals surface area (Å²) in [6.45, 7) is 1.53. The molecule has 2 rings (SSSR count). The number of pyridine rings is 1. The van der Waals surface area contributed by atoms with Gasteiger partial charge in [-0.1, -0.05) is 11.6 Å². The molecule has 1 N–H and O–H groups in total. The number of carboxylic acid groups (broad SMARTS) is 1. The van der Waals surface area contributed by atoms with E-state index in [1.807, 2.05) is 0 Å². The molecule has 0 spiro atoms. The monoisotopic (exact) mass is 282 g/mol. The highest BCUT2D eigenvalue weighted by Gasteiger charge is 2.17. The van der Waals surface area contributed by atoms with E-state index >= 15 is 0 Å². The van der Waals surface area contributed by atoms with Crippen LogP contribution in [0.25, 0.3) is 5.82 Å². The second kappa shape index (κ2) is 4.65. The van der Waals surface area contributed by atoms with E-state index < -0.39 is 10.9 Å². The summed E-state index contributed by atoms with van der Waals surface area (Å²) >= 11 is 5.87. The average molecular weight is 283 g/mol. The van der Waals surface area contributed by atoms with Crippen LogP contribution in [-0.2, 0) is 0 Å². The summed E-state index contributed by atoms with van der Waals surface area (Å²) in [7, 11) is 0. The summed E-state index contributed by atoms with van der Waals surface area (Å²) in [5.74, 6) is -0.996. The van der Waals surface area contributed by atoms with Crippen LogP contribution >= 0.6 is 11.6 Å². The lowest BCUT2D eigenvalue weighted by Gasteiger charge is -2.02. The van der Waals surface area contributed by atoms with Gasteiger partial charge in [0.15, 0.2) is 5.82 Å². The molecule has 8 nitrogen and oxygen atoms in total. The van der Waals surface area contributed by atoms with Crippen LogP contribution in [0.5, 0.6) is 0 Å². The largest absolute Gasteiger partial charge is 0.478 e. The Morgan fingerprint density at radius 2 is 2.26 bits per heavy atom. The molecule has 0 aliphatic carbocycles. The third-order valence-electron chi connectivity index (χ3n) is 2.36. The average Bonchev–Trinajstić information content (AvgIpc) is 2.71. The predicted molar refractivity (Wildman–Crippen MR) is 64.7 cm³/mol. The van der Waals surface area contributed by atoms with Gasteiger partial charge in [-0.3, -0.25) is 10.1 Å². The number of aromatic nitrogens is 3. The highest BCUT2D eigenvalue weighted by molar-refractivity contribution is 6.32. The van der Waals surface area contributed by atoms with Crippen LogP contribution in [0.1, 0.15) is 16.1 Å². The molecule has 0 aliphatic rings. The Kier molecular flexibility index (Phi) is 3.17. The highest BCUT2D eigenvalue weighted by atomic mass is 35.5. The van der Waals surface area contributed by atoms with Gasteiger partial charge < -0.3 is 5.11 Å². The molecule has 0 atom stereocenters. The summed E-state index contributed by atoms with van der Waals surface area (Å²) < 4.78 is 1.17. The summed E-state index contributed by atoms with van der Waals surface area (Å²) in [5.41, 5.74) is 0.0519. The van der Waals surface area contributed by atoms with Gasteiger partial charge in [0.2, 0.25) is 0 Å². The number of rotatable bonds is 3. The molecule has 0 bridgehead atoms. The van der Waals surface area contributed by atoms with E-state index in [1.165, 1.54) is 17.8 Å². The minimum absolute atomic E-state index is 0.00800. The van der Waals surface area contributed by atoms with E-state index in [0.717, 1.165) is 12.3 Å². The minimum Gasteiger partial charge on any atom is -0.478 e. The Morgan fingerprint density at radius 1 is 1.58 bits per heavy atom. The zero-order valence-corrected chi connectivity index (χ0v) is 10.3. The van der Waals surface area contributed by atoms with Crippen LogP contribution in [-0.4, -0.2) is 30.8 Å². The maximum absolute atomic E-state index is 10.9. The fourth-order valence-corrected chi connectivity index (χ4v) is 1.71. The van der Waals surface area contributed by atoms with Gasteiger partial charge in [0.25, 0.3) is 5.69 Å². The topological polar surface area (TPSA) is 111 Å². The molecule has 2 aromatic heterocycles. The molecular formula is C10H7ClN4O4. The molecule has 98 valence electrons. The van der Waals surface area contributed by atoms with E-state index in [0.29, 0.717) is 5.69 Å². The molecule has 0 radical (unpaired) electrons. The van der Waals surface area contributed by atoms with Gasteiger partial charge in [0.05, 0.1) is 15.6 Å². The normalized spacial score (nSPS) is 10.4. The van der Waals surface area contributed by atoms with Crippen molar-refractivity contribution in [2.45, 2.75) is 6.92 Å². The molecule has 0 fully saturated rings. The second-order valence-electron chi connectivity index (χ2n) is 3.63. The molecular weight excluding hydrogens is 276 g/mol. The first kappa shape index (κ1) is 13.0. The van der Waals surface area contributed by atoms with Crippen LogP contribution in [0.3, 0.4) is 0 Å². The Bertz CT molecular complexity index is 682. The molecule has 9 heteroatoms. The van der Waals surface area contributed by atoms with Crippen LogP contribution < -0.4 is 0 Å². The van der Waals surface area contributed by atoms with Gasteiger partial charge in [0, 0.05) is 12.3 Å². The second-order valence-corrected chi connectivity index (χ2v) is 4.04. The summed E-state index contributed by atoms with van der Waals surface area (Å²) in [6.07, 6.45) is 2.27. The number of carboxylic acids is 1. The number of halogens is 1. The predicted octanol–water partition coefficient (Wildman–Crippen LogP) is 1.84. The van der Waals surface area contributed by atoms with Crippen LogP contribution in [0.4, 0.5) is 5.69 Å². The minimum atomic E-state index is -1.12. The molecule has 0 unspecified atom stereocenters. The molecule has 0 aromatic carbocycles. The van der Waals surface area contributed by atoms with Crippen molar-refractivity contribution < 1.29 is 14.8 Å². The zero-order valence-electron chi connectivity index (χ0n) is 9.57. The first-order chi connectivity index (χ1) is 8.90. The van der Waals surface area contributed by atoms with E-state index in [1.54, 1.807) is 0 Å². The summed E-state index contributed by atoms with van der Waals surface area (Å²) in [6, 6.07) is 1.13. The molecule has 2 aromatic rings. The maximum Gasteiger partial charge on any atom is 0.339 e. The fraction of sp³-hybridized carbons (Fsp3) is 0.100. The van der Waals surface area contributed by atoms with Crippen molar-refractivity contribution in [3.8, 4) is 5.82 Å². The smallest absolute Gasteiger partial charge is 0.339 e. The number of hydrogen-bond acceptors (Lipinski definition) is 5. The van der Waals surface area contributed by atoms with Crippen molar-refractivity contribution in [2.75, 3.05) is 0 Å². The lowest BCUT2D eigenvalue weighted by atomic mass is 10.3. The summed E-state index contributed by atoms with van der Waals surface area (Å²) in [4.78, 5) is 24.6. The molecule has 0 saturated heterocycles. The van der Waals surface area contributed by atoms with Crippen molar-refractivity contribution in [1.82, 2.24) is 14.8 Å². The van der Waals surface area contributed by atoms with Crippen LogP contribution in [0.15, 0.2) is 18.5 Å². The molecule has 0 saturated carbocycles. The van der Waals surface area contributed by atoms with Crippen molar-refractivity contribution in [3.05, 3.63) is 44.9 Å². The van der Waals surface area contributed by atoms with Gasteiger partial charge in [0.1, 0.15) is 11.8 Å². The lowest BCUT2D eigenvalue weighted by molar-refractivity contribution is -0.385. The number of nitrogens with zero attached hydrogens (tertiary/aromatic N) is 4. The number of carbonyl (C=O) groups is 1. The molecule has 19 heavy (non-hydrogen) atoms. The maximum atomic E-state index is 10.9. The van der Waals surface area contributed by atoms with Crippen LogP contribution in [0, 0.1) is 17.0 Å². The number of hydrogen-bond donors (Lipinski definition) is 1. The Labute approximate surface area is 111 Å². The van der Waals surface area contributed by atoms with Gasteiger partial charge in [-0.15, -0.1) is 0 Å². The molecule has 0 amide bonds. The van der Waals surface area contributed by atoms with Crippen molar-refractivity contribution in [1.29, 1.82) is 0 Å². The van der Waals surface area contributed by atoms with Gasteiger partial charge in [-0.25, -0.2) is 14.5 Å². The van der Waals surface area contributed by atoms with E-state index in [4.69, 9.17) is 16.7 Å². The van der Waals surface area contributed by atoms with E-state index in [2.05, 4.69) is 10.1 Å². The number of aromatic carboxylic acids is 1. The third-order valence-corrected chi connectivity index (χ3v) is 2.64. The van der Waals surface area contributed by atoms with Gasteiger partial charge >= 0.3 is 5.97 Å². The van der Waals surface area contributed by atoms with Gasteiger partial charge in [-0.05, 0) is 6.92 Å². The first-order valence-corrected chi connectivity index (χ1v) is 5.38. The quantitative estimate of drug-likeness (QED) is 0.679. The zero-order chi connectivity index (χ0) is 14.2.